The van der Waals surface area contributed by atoms with E-state index in [9.17, 15) is 8.42 Å². The average Bonchev–Trinajstić information content (AvgIpc) is 2.98. The number of hydrogen-bond donors (Lipinski definition) is 2. The standard InChI is InChI=1S/C10H9N5O2S2/c1-6-8(5-11-12-6)15-19(16,17)9-4-2-3-7-10(9)14-18-13-7/h2-5,15H,1H3,(H,11,12). The van der Waals surface area contributed by atoms with Crippen LogP contribution in [-0.4, -0.2) is 27.4 Å². The molecule has 3 aromatic rings. The molecule has 0 radical (unpaired) electrons. The first-order valence-corrected chi connectivity index (χ1v) is 7.53. The van der Waals surface area contributed by atoms with Crippen LogP contribution in [-0.2, 0) is 10.0 Å². The Hall–Kier alpha value is -2.00. The maximum absolute atomic E-state index is 12.3. The Bertz CT molecular complexity index is 836. The lowest BCUT2D eigenvalue weighted by Crippen LogP contribution is -2.13. The van der Waals surface area contributed by atoms with Crippen molar-refractivity contribution in [2.75, 3.05) is 4.72 Å². The molecule has 98 valence electrons. The molecule has 0 spiro atoms. The van der Waals surface area contributed by atoms with E-state index < -0.39 is 10.0 Å². The largest absolute Gasteiger partial charge is 0.281 e. The predicted molar refractivity (Wildman–Crippen MR) is 71.5 cm³/mol. The first-order chi connectivity index (χ1) is 9.08. The third-order valence-electron chi connectivity index (χ3n) is 2.61. The highest BCUT2D eigenvalue weighted by atomic mass is 32.2. The normalized spacial score (nSPS) is 11.8. The van der Waals surface area contributed by atoms with Gasteiger partial charge in [0.05, 0.1) is 29.3 Å². The van der Waals surface area contributed by atoms with Gasteiger partial charge in [0.15, 0.2) is 0 Å². The molecule has 19 heavy (non-hydrogen) atoms. The highest BCUT2D eigenvalue weighted by molar-refractivity contribution is 7.93. The van der Waals surface area contributed by atoms with Crippen LogP contribution in [0, 0.1) is 6.92 Å². The number of aryl methyl sites for hydroxylation is 1. The van der Waals surface area contributed by atoms with Gasteiger partial charge < -0.3 is 0 Å². The zero-order valence-electron chi connectivity index (χ0n) is 9.78. The van der Waals surface area contributed by atoms with Gasteiger partial charge in [0, 0.05) is 0 Å². The smallest absolute Gasteiger partial charge is 0.264 e. The minimum atomic E-state index is -3.71. The van der Waals surface area contributed by atoms with Gasteiger partial charge in [0.2, 0.25) is 0 Å². The van der Waals surface area contributed by atoms with E-state index in [1.807, 2.05) is 0 Å². The van der Waals surface area contributed by atoms with E-state index in [1.165, 1.54) is 12.3 Å². The van der Waals surface area contributed by atoms with Crippen LogP contribution in [0.15, 0.2) is 29.3 Å². The van der Waals surface area contributed by atoms with Gasteiger partial charge in [-0.2, -0.15) is 13.8 Å². The van der Waals surface area contributed by atoms with Gasteiger partial charge in [-0.25, -0.2) is 8.42 Å². The van der Waals surface area contributed by atoms with Gasteiger partial charge >= 0.3 is 0 Å². The maximum Gasteiger partial charge on any atom is 0.264 e. The number of H-pyrrole nitrogens is 1. The zero-order chi connectivity index (χ0) is 13.5. The second-order valence-electron chi connectivity index (χ2n) is 3.90. The molecule has 0 bridgehead atoms. The first-order valence-electron chi connectivity index (χ1n) is 5.32. The number of fused-ring (bicyclic) bond motifs is 1. The van der Waals surface area contributed by atoms with Gasteiger partial charge in [-0.15, -0.1) is 0 Å². The van der Waals surface area contributed by atoms with Crippen LogP contribution in [0.25, 0.3) is 11.0 Å². The third-order valence-corrected chi connectivity index (χ3v) is 4.55. The molecular formula is C10H9N5O2S2. The summed E-state index contributed by atoms with van der Waals surface area (Å²) in [6.07, 6.45) is 1.42. The molecule has 0 saturated carbocycles. The van der Waals surface area contributed by atoms with Crippen molar-refractivity contribution >= 4 is 38.5 Å². The summed E-state index contributed by atoms with van der Waals surface area (Å²) < 4.78 is 35.2. The van der Waals surface area contributed by atoms with Crippen molar-refractivity contribution in [3.05, 3.63) is 30.1 Å². The van der Waals surface area contributed by atoms with Crippen molar-refractivity contribution in [3.63, 3.8) is 0 Å². The van der Waals surface area contributed by atoms with Crippen LogP contribution in [0.3, 0.4) is 0 Å². The second kappa shape index (κ2) is 4.28. The number of anilines is 1. The topological polar surface area (TPSA) is 101 Å². The first kappa shape index (κ1) is 12.1. The molecule has 0 aliphatic carbocycles. The van der Waals surface area contributed by atoms with Gasteiger partial charge in [-0.1, -0.05) is 6.07 Å². The van der Waals surface area contributed by atoms with Gasteiger partial charge in [0.1, 0.15) is 15.9 Å². The average molecular weight is 295 g/mol. The summed E-state index contributed by atoms with van der Waals surface area (Å²) in [5.41, 5.74) is 2.00. The molecule has 2 heterocycles. The number of aromatic amines is 1. The van der Waals surface area contributed by atoms with Gasteiger partial charge in [-0.3, -0.25) is 9.82 Å². The monoisotopic (exact) mass is 295 g/mol. The molecule has 0 amide bonds. The number of nitrogens with one attached hydrogen (secondary N) is 2. The number of benzene rings is 1. The van der Waals surface area contributed by atoms with Crippen LogP contribution in [0.5, 0.6) is 0 Å². The van der Waals surface area contributed by atoms with Crippen LogP contribution in [0.1, 0.15) is 5.69 Å². The van der Waals surface area contributed by atoms with E-state index in [1.54, 1.807) is 19.1 Å². The molecule has 7 nitrogen and oxygen atoms in total. The summed E-state index contributed by atoms with van der Waals surface area (Å²) in [6, 6.07) is 4.86. The highest BCUT2D eigenvalue weighted by Gasteiger charge is 2.20. The van der Waals surface area contributed by atoms with Crippen molar-refractivity contribution in [2.45, 2.75) is 11.8 Å². The third kappa shape index (κ3) is 2.06. The summed E-state index contributed by atoms with van der Waals surface area (Å²) in [7, 11) is -3.71. The van der Waals surface area contributed by atoms with Crippen LogP contribution >= 0.6 is 11.7 Å². The molecular weight excluding hydrogens is 286 g/mol. The number of rotatable bonds is 3. The lowest BCUT2D eigenvalue weighted by atomic mass is 10.3. The summed E-state index contributed by atoms with van der Waals surface area (Å²) in [5, 5.41) is 6.45. The fourth-order valence-corrected chi connectivity index (χ4v) is 3.53. The molecule has 0 atom stereocenters. The number of nitrogens with zero attached hydrogens (tertiary/aromatic N) is 3. The molecule has 0 fully saturated rings. The molecule has 0 aliphatic heterocycles. The molecule has 9 heteroatoms. The van der Waals surface area contributed by atoms with E-state index in [0.717, 1.165) is 11.7 Å². The summed E-state index contributed by atoms with van der Waals surface area (Å²) in [6.45, 7) is 1.73. The van der Waals surface area contributed by atoms with Crippen LogP contribution in [0.2, 0.25) is 0 Å². The SMILES string of the molecule is Cc1[nH]ncc1NS(=O)(=O)c1cccc2nsnc12. The molecule has 2 aromatic heterocycles. The quantitative estimate of drug-likeness (QED) is 0.763. The second-order valence-corrected chi connectivity index (χ2v) is 6.08. The number of hydrogen-bond acceptors (Lipinski definition) is 6. The van der Waals surface area contributed by atoms with E-state index in [0.29, 0.717) is 22.4 Å². The van der Waals surface area contributed by atoms with E-state index in [4.69, 9.17) is 0 Å². The molecule has 2 N–H and O–H groups in total. The van der Waals surface area contributed by atoms with E-state index in [2.05, 4.69) is 23.7 Å². The van der Waals surface area contributed by atoms with Gasteiger partial charge in [-0.05, 0) is 19.1 Å². The van der Waals surface area contributed by atoms with Gasteiger partial charge in [0.25, 0.3) is 10.0 Å². The summed E-state index contributed by atoms with van der Waals surface area (Å²) in [4.78, 5) is 0.111. The predicted octanol–water partition coefficient (Wildman–Crippen LogP) is 1.52. The molecule has 0 saturated heterocycles. The van der Waals surface area contributed by atoms with Crippen LogP contribution in [0.4, 0.5) is 5.69 Å². The minimum absolute atomic E-state index is 0.111. The molecule has 3 rings (SSSR count). The Balaban J connectivity index is 2.10. The number of sulfonamides is 1. The lowest BCUT2D eigenvalue weighted by Gasteiger charge is -2.06. The van der Waals surface area contributed by atoms with Crippen molar-refractivity contribution in [1.82, 2.24) is 18.9 Å². The van der Waals surface area contributed by atoms with Crippen molar-refractivity contribution in [2.24, 2.45) is 0 Å². The van der Waals surface area contributed by atoms with E-state index >= 15 is 0 Å². The Labute approximate surface area is 113 Å². The fraction of sp³-hybridized carbons (Fsp3) is 0.100. The fourth-order valence-electron chi connectivity index (χ4n) is 1.65. The maximum atomic E-state index is 12.3. The van der Waals surface area contributed by atoms with Crippen molar-refractivity contribution in [3.8, 4) is 0 Å². The Morgan fingerprint density at radius 2 is 2.16 bits per heavy atom. The summed E-state index contributed by atoms with van der Waals surface area (Å²) >= 11 is 0.984. The number of aromatic nitrogens is 4. The Kier molecular flexibility index (Phi) is 2.72. The molecule has 0 unspecified atom stereocenters. The summed E-state index contributed by atoms with van der Waals surface area (Å²) in [5.74, 6) is 0. The van der Waals surface area contributed by atoms with Crippen LogP contribution < -0.4 is 4.72 Å². The Morgan fingerprint density at radius 1 is 1.32 bits per heavy atom. The van der Waals surface area contributed by atoms with Crippen molar-refractivity contribution < 1.29 is 8.42 Å². The van der Waals surface area contributed by atoms with Crippen molar-refractivity contribution in [1.29, 1.82) is 0 Å². The zero-order valence-corrected chi connectivity index (χ0v) is 11.4. The van der Waals surface area contributed by atoms with E-state index in [-0.39, 0.29) is 4.90 Å². The Morgan fingerprint density at radius 3 is 2.89 bits per heavy atom. The molecule has 1 aromatic carbocycles. The molecule has 0 aliphatic rings. The minimum Gasteiger partial charge on any atom is -0.281 e. The lowest BCUT2D eigenvalue weighted by molar-refractivity contribution is 0.602. The highest BCUT2D eigenvalue weighted by Crippen LogP contribution is 2.24.